The van der Waals surface area contributed by atoms with E-state index in [9.17, 15) is 19.5 Å². The molecular weight excluding hydrogens is 332 g/mol. The number of carbonyl (C=O) groups excluding carboxylic acids is 2. The van der Waals surface area contributed by atoms with E-state index in [1.54, 1.807) is 18.7 Å². The number of nitrogens with one attached hydrogen (secondary N) is 1. The molecule has 0 aromatic heterocycles. The van der Waals surface area contributed by atoms with Gasteiger partial charge in [0.1, 0.15) is 6.04 Å². The van der Waals surface area contributed by atoms with Gasteiger partial charge in [-0.25, -0.2) is 4.79 Å². The maximum absolute atomic E-state index is 12.8. The number of amides is 2. The van der Waals surface area contributed by atoms with E-state index in [2.05, 4.69) is 5.32 Å². The van der Waals surface area contributed by atoms with Gasteiger partial charge < -0.3 is 15.3 Å². The van der Waals surface area contributed by atoms with E-state index in [0.29, 0.717) is 25.1 Å². The first-order valence-electron chi connectivity index (χ1n) is 9.09. The van der Waals surface area contributed by atoms with Crippen LogP contribution in [0.5, 0.6) is 0 Å². The van der Waals surface area contributed by atoms with Crippen LogP contribution in [0, 0.1) is 25.7 Å². The first-order chi connectivity index (χ1) is 12.2. The number of aryl methyl sites for hydroxylation is 2. The van der Waals surface area contributed by atoms with Gasteiger partial charge in [0, 0.05) is 18.7 Å². The lowest BCUT2D eigenvalue weighted by atomic mass is 9.95. The predicted octanol–water partition coefficient (Wildman–Crippen LogP) is 2.38. The molecule has 1 fully saturated rings. The summed E-state index contributed by atoms with van der Waals surface area (Å²) < 4.78 is 0. The quantitative estimate of drug-likeness (QED) is 0.844. The molecule has 26 heavy (non-hydrogen) atoms. The lowest BCUT2D eigenvalue weighted by Gasteiger charge is -2.33. The largest absolute Gasteiger partial charge is 0.480 e. The number of carboxylic acid groups (broad SMARTS) is 1. The van der Waals surface area contributed by atoms with Gasteiger partial charge in [0.05, 0.1) is 5.92 Å². The molecule has 2 N–H and O–H groups in total. The van der Waals surface area contributed by atoms with Gasteiger partial charge in [-0.2, -0.15) is 0 Å². The predicted molar refractivity (Wildman–Crippen MR) is 98.9 cm³/mol. The van der Waals surface area contributed by atoms with Crippen molar-refractivity contribution in [3.63, 3.8) is 0 Å². The van der Waals surface area contributed by atoms with Gasteiger partial charge in [0.2, 0.25) is 5.91 Å². The van der Waals surface area contributed by atoms with Crippen LogP contribution in [0.4, 0.5) is 0 Å². The van der Waals surface area contributed by atoms with E-state index in [4.69, 9.17) is 0 Å². The minimum absolute atomic E-state index is 0.0760. The fraction of sp³-hybridized carbons (Fsp3) is 0.550. The number of rotatable bonds is 5. The summed E-state index contributed by atoms with van der Waals surface area (Å²) >= 11 is 0. The van der Waals surface area contributed by atoms with Crippen molar-refractivity contribution in [3.05, 3.63) is 34.9 Å². The zero-order valence-electron chi connectivity index (χ0n) is 15.9. The Morgan fingerprint density at radius 1 is 1.15 bits per heavy atom. The molecule has 0 aliphatic carbocycles. The lowest BCUT2D eigenvalue weighted by Crippen LogP contribution is -2.50. The number of nitrogens with zero attached hydrogens (tertiary/aromatic N) is 1. The number of likely N-dealkylation sites (tertiary alicyclic amines) is 1. The van der Waals surface area contributed by atoms with Crippen molar-refractivity contribution in [2.45, 2.75) is 46.6 Å². The van der Waals surface area contributed by atoms with Crippen LogP contribution in [-0.2, 0) is 9.59 Å². The number of carbonyl (C=O) groups is 3. The molecule has 0 saturated carbocycles. The van der Waals surface area contributed by atoms with E-state index < -0.39 is 12.0 Å². The van der Waals surface area contributed by atoms with E-state index >= 15 is 0 Å². The number of benzene rings is 1. The fourth-order valence-electron chi connectivity index (χ4n) is 3.44. The molecule has 2 atom stereocenters. The Morgan fingerprint density at radius 3 is 2.31 bits per heavy atom. The first kappa shape index (κ1) is 19.9. The Hall–Kier alpha value is -2.37. The van der Waals surface area contributed by atoms with Gasteiger partial charge in [-0.15, -0.1) is 0 Å². The summed E-state index contributed by atoms with van der Waals surface area (Å²) in [6.45, 7) is 8.36. The molecule has 1 unspecified atom stereocenters. The molecule has 1 aliphatic heterocycles. The second kappa shape index (κ2) is 8.34. The molecule has 142 valence electrons. The fourth-order valence-corrected chi connectivity index (χ4v) is 3.44. The molecule has 1 heterocycles. The highest BCUT2D eigenvalue weighted by Crippen LogP contribution is 2.20. The number of carboxylic acids is 1. The highest BCUT2D eigenvalue weighted by molar-refractivity contribution is 5.95. The van der Waals surface area contributed by atoms with Crippen molar-refractivity contribution >= 4 is 17.8 Å². The lowest BCUT2D eigenvalue weighted by molar-refractivity contribution is -0.144. The molecule has 1 saturated heterocycles. The molecular formula is C20H28N2O4. The van der Waals surface area contributed by atoms with Crippen molar-refractivity contribution in [1.29, 1.82) is 0 Å². The van der Waals surface area contributed by atoms with Crippen molar-refractivity contribution in [1.82, 2.24) is 10.2 Å². The molecule has 2 rings (SSSR count). The Balaban J connectivity index is 2.07. The monoisotopic (exact) mass is 360 g/mol. The van der Waals surface area contributed by atoms with Gasteiger partial charge in [-0.1, -0.05) is 31.0 Å². The third kappa shape index (κ3) is 4.84. The average molecular weight is 360 g/mol. The van der Waals surface area contributed by atoms with Crippen molar-refractivity contribution in [2.24, 2.45) is 11.8 Å². The smallest absolute Gasteiger partial charge is 0.326 e. The Labute approximate surface area is 154 Å². The van der Waals surface area contributed by atoms with E-state index in [-0.39, 0.29) is 23.7 Å². The summed E-state index contributed by atoms with van der Waals surface area (Å²) in [4.78, 5) is 38.3. The summed E-state index contributed by atoms with van der Waals surface area (Å²) in [6, 6.07) is 4.82. The van der Waals surface area contributed by atoms with Crippen molar-refractivity contribution in [3.8, 4) is 0 Å². The Bertz CT molecular complexity index is 679. The highest BCUT2D eigenvalue weighted by Gasteiger charge is 2.32. The standard InChI is InChI=1S/C20H28N2O4/c1-12(2)17(20(25)26)21-18(23)15-6-5-7-22(11-15)19(24)16-9-13(3)8-14(4)10-16/h8-10,12,15,17H,5-7,11H2,1-4H3,(H,21,23)(H,25,26)/t15?,17-/m0/s1. The second-order valence-corrected chi connectivity index (χ2v) is 7.54. The third-order valence-electron chi connectivity index (χ3n) is 4.78. The number of piperidine rings is 1. The molecule has 2 amide bonds. The van der Waals surface area contributed by atoms with Crippen LogP contribution < -0.4 is 5.32 Å². The molecule has 6 heteroatoms. The van der Waals surface area contributed by atoms with Gasteiger partial charge >= 0.3 is 5.97 Å². The molecule has 1 aliphatic rings. The summed E-state index contributed by atoms with van der Waals surface area (Å²) in [5, 5.41) is 11.9. The Morgan fingerprint density at radius 2 is 1.77 bits per heavy atom. The molecule has 0 bridgehead atoms. The maximum Gasteiger partial charge on any atom is 0.326 e. The zero-order chi connectivity index (χ0) is 19.4. The molecule has 6 nitrogen and oxygen atoms in total. The molecule has 1 aromatic rings. The zero-order valence-corrected chi connectivity index (χ0v) is 15.9. The average Bonchev–Trinajstić information content (AvgIpc) is 2.57. The topological polar surface area (TPSA) is 86.7 Å². The van der Waals surface area contributed by atoms with Gasteiger partial charge in [0.25, 0.3) is 5.91 Å². The third-order valence-corrected chi connectivity index (χ3v) is 4.78. The van der Waals surface area contributed by atoms with Gasteiger partial charge in [-0.3, -0.25) is 9.59 Å². The van der Waals surface area contributed by atoms with Crippen molar-refractivity contribution < 1.29 is 19.5 Å². The summed E-state index contributed by atoms with van der Waals surface area (Å²) in [5.74, 6) is -1.98. The Kier molecular flexibility index (Phi) is 6.40. The second-order valence-electron chi connectivity index (χ2n) is 7.54. The van der Waals surface area contributed by atoms with Gasteiger partial charge in [0.15, 0.2) is 0 Å². The van der Waals surface area contributed by atoms with Gasteiger partial charge in [-0.05, 0) is 44.7 Å². The van der Waals surface area contributed by atoms with Crippen LogP contribution in [0.25, 0.3) is 0 Å². The maximum atomic E-state index is 12.8. The van der Waals surface area contributed by atoms with Crippen LogP contribution in [0.1, 0.15) is 48.2 Å². The SMILES string of the molecule is Cc1cc(C)cc(C(=O)N2CCCC(C(=O)N[C@H](C(=O)O)C(C)C)C2)c1. The number of aliphatic carboxylic acids is 1. The first-order valence-corrected chi connectivity index (χ1v) is 9.09. The molecule has 0 radical (unpaired) electrons. The van der Waals surface area contributed by atoms with E-state index in [1.165, 1.54) is 0 Å². The molecule has 0 spiro atoms. The van der Waals surface area contributed by atoms with E-state index in [1.807, 2.05) is 32.0 Å². The summed E-state index contributed by atoms with van der Waals surface area (Å²) in [5.41, 5.74) is 2.69. The van der Waals surface area contributed by atoms with Crippen LogP contribution >= 0.6 is 0 Å². The molecule has 1 aromatic carbocycles. The highest BCUT2D eigenvalue weighted by atomic mass is 16.4. The normalized spacial score (nSPS) is 18.5. The van der Waals surface area contributed by atoms with Crippen LogP contribution in [0.2, 0.25) is 0 Å². The van der Waals surface area contributed by atoms with Crippen LogP contribution in [0.3, 0.4) is 0 Å². The number of hydrogen-bond donors (Lipinski definition) is 2. The summed E-state index contributed by atoms with van der Waals surface area (Å²) in [6.07, 6.45) is 1.39. The van der Waals surface area contributed by atoms with Crippen molar-refractivity contribution in [2.75, 3.05) is 13.1 Å². The van der Waals surface area contributed by atoms with E-state index in [0.717, 1.165) is 17.5 Å². The number of hydrogen-bond acceptors (Lipinski definition) is 3. The summed E-state index contributed by atoms with van der Waals surface area (Å²) in [7, 11) is 0. The minimum atomic E-state index is -1.03. The minimum Gasteiger partial charge on any atom is -0.480 e. The van der Waals surface area contributed by atoms with Crippen LogP contribution in [-0.4, -0.2) is 46.9 Å². The van der Waals surface area contributed by atoms with Crippen LogP contribution in [0.15, 0.2) is 18.2 Å².